The van der Waals surface area contributed by atoms with Gasteiger partial charge in [0.15, 0.2) is 6.04 Å². The molecule has 2 aromatic heterocycles. The monoisotopic (exact) mass is 499 g/mol. The molecule has 7 heteroatoms. The lowest BCUT2D eigenvalue weighted by Gasteiger charge is -2.32. The van der Waals surface area contributed by atoms with Crippen molar-refractivity contribution in [2.24, 2.45) is 0 Å². The predicted octanol–water partition coefficient (Wildman–Crippen LogP) is 5.53. The molecule has 7 nitrogen and oxygen atoms in total. The van der Waals surface area contributed by atoms with Gasteiger partial charge in [0.05, 0.1) is 26.3 Å². The first-order valence-electron chi connectivity index (χ1n) is 12.9. The molecule has 2 N–H and O–H groups in total. The number of furan rings is 1. The minimum absolute atomic E-state index is 0.107. The number of aromatic nitrogens is 1. The highest BCUT2D eigenvalue weighted by Gasteiger charge is 2.35. The molecule has 0 aliphatic heterocycles. The molecule has 0 saturated heterocycles. The van der Waals surface area contributed by atoms with Gasteiger partial charge in [-0.2, -0.15) is 0 Å². The van der Waals surface area contributed by atoms with Crippen LogP contribution in [0.1, 0.15) is 55.0 Å². The van der Waals surface area contributed by atoms with Gasteiger partial charge in [-0.1, -0.05) is 55.7 Å². The summed E-state index contributed by atoms with van der Waals surface area (Å²) >= 11 is 0. The van der Waals surface area contributed by atoms with Gasteiger partial charge in [0.25, 0.3) is 5.91 Å². The Morgan fingerprint density at radius 3 is 2.59 bits per heavy atom. The number of nitrogens with one attached hydrogen (secondary N) is 2. The number of para-hydroxylation sites is 2. The van der Waals surface area contributed by atoms with Crippen LogP contribution in [0, 0.1) is 0 Å². The molecule has 2 amide bonds. The Morgan fingerprint density at radius 2 is 1.81 bits per heavy atom. The van der Waals surface area contributed by atoms with Gasteiger partial charge in [-0.25, -0.2) is 0 Å². The van der Waals surface area contributed by atoms with Crippen molar-refractivity contribution in [3.05, 3.63) is 90.0 Å². The molecule has 2 heterocycles. The van der Waals surface area contributed by atoms with E-state index in [4.69, 9.17) is 9.15 Å². The number of rotatable bonds is 9. The maximum Gasteiger partial charge on any atom is 0.250 e. The fraction of sp³-hybridized carbons (Fsp3) is 0.333. The van der Waals surface area contributed by atoms with E-state index in [9.17, 15) is 9.59 Å². The summed E-state index contributed by atoms with van der Waals surface area (Å²) < 4.78 is 11.3. The Kier molecular flexibility index (Phi) is 7.59. The zero-order valence-electron chi connectivity index (χ0n) is 21.1. The summed E-state index contributed by atoms with van der Waals surface area (Å²) in [5, 5.41) is 4.21. The fourth-order valence-electron chi connectivity index (χ4n) is 5.28. The molecule has 1 fully saturated rings. The van der Waals surface area contributed by atoms with Gasteiger partial charge in [-0.05, 0) is 42.7 Å². The number of H-pyrrole nitrogens is 1. The lowest BCUT2D eigenvalue weighted by atomic mass is 9.95. The zero-order valence-corrected chi connectivity index (χ0v) is 21.1. The molecule has 1 atom stereocenters. The first-order valence-corrected chi connectivity index (χ1v) is 12.9. The number of amides is 2. The molecular formula is C30H33N3O4. The minimum Gasteiger partial charge on any atom is -0.496 e. The molecule has 1 aliphatic rings. The second-order valence-corrected chi connectivity index (χ2v) is 9.63. The summed E-state index contributed by atoms with van der Waals surface area (Å²) in [6.45, 7) is 0.203. The highest BCUT2D eigenvalue weighted by atomic mass is 16.5. The lowest BCUT2D eigenvalue weighted by Crippen LogP contribution is -2.47. The smallest absolute Gasteiger partial charge is 0.250 e. The van der Waals surface area contributed by atoms with E-state index in [-0.39, 0.29) is 30.8 Å². The van der Waals surface area contributed by atoms with Crippen LogP contribution in [-0.4, -0.2) is 34.8 Å². The molecule has 1 saturated carbocycles. The number of ether oxygens (including phenoxy) is 1. The van der Waals surface area contributed by atoms with E-state index in [0.29, 0.717) is 11.5 Å². The van der Waals surface area contributed by atoms with E-state index in [0.717, 1.165) is 47.7 Å². The van der Waals surface area contributed by atoms with Crippen molar-refractivity contribution in [1.82, 2.24) is 15.2 Å². The van der Waals surface area contributed by atoms with Crippen LogP contribution in [0.3, 0.4) is 0 Å². The van der Waals surface area contributed by atoms with Crippen LogP contribution >= 0.6 is 0 Å². The van der Waals surface area contributed by atoms with Crippen LogP contribution < -0.4 is 10.1 Å². The fourth-order valence-corrected chi connectivity index (χ4v) is 5.28. The molecule has 0 bridgehead atoms. The summed E-state index contributed by atoms with van der Waals surface area (Å²) in [6.07, 6.45) is 8.85. The first kappa shape index (κ1) is 24.7. The van der Waals surface area contributed by atoms with Gasteiger partial charge >= 0.3 is 0 Å². The summed E-state index contributed by atoms with van der Waals surface area (Å²) in [5.74, 6) is 0.716. The molecule has 1 unspecified atom stereocenters. The third kappa shape index (κ3) is 5.56. The van der Waals surface area contributed by atoms with Gasteiger partial charge in [-0.15, -0.1) is 0 Å². The van der Waals surface area contributed by atoms with Gasteiger partial charge in [-0.3, -0.25) is 9.59 Å². The number of benzene rings is 2. The topological polar surface area (TPSA) is 87.6 Å². The number of hydrogen-bond acceptors (Lipinski definition) is 4. The number of aromatic amines is 1. The van der Waals surface area contributed by atoms with E-state index in [2.05, 4.69) is 10.3 Å². The van der Waals surface area contributed by atoms with E-state index >= 15 is 0 Å². The number of nitrogens with zero attached hydrogens (tertiary/aromatic N) is 1. The Labute approximate surface area is 216 Å². The highest BCUT2D eigenvalue weighted by molar-refractivity contribution is 5.92. The zero-order chi connectivity index (χ0) is 25.6. The van der Waals surface area contributed by atoms with Gasteiger partial charge in [0, 0.05) is 28.7 Å². The summed E-state index contributed by atoms with van der Waals surface area (Å²) in [4.78, 5) is 32.7. The average Bonchev–Trinajstić information content (AvgIpc) is 3.60. The second kappa shape index (κ2) is 11.4. The van der Waals surface area contributed by atoms with E-state index in [1.807, 2.05) is 54.7 Å². The average molecular weight is 500 g/mol. The maximum atomic E-state index is 14.0. The van der Waals surface area contributed by atoms with E-state index in [1.165, 1.54) is 6.42 Å². The van der Waals surface area contributed by atoms with E-state index in [1.54, 1.807) is 30.4 Å². The van der Waals surface area contributed by atoms with Crippen LogP contribution in [0.15, 0.2) is 77.5 Å². The van der Waals surface area contributed by atoms with Crippen LogP contribution in [-0.2, 0) is 22.6 Å². The quantitative estimate of drug-likeness (QED) is 0.317. The molecule has 192 valence electrons. The number of hydrogen-bond donors (Lipinski definition) is 2. The van der Waals surface area contributed by atoms with Crippen molar-refractivity contribution in [2.75, 3.05) is 7.11 Å². The van der Waals surface area contributed by atoms with Gasteiger partial charge in [0.2, 0.25) is 5.91 Å². The summed E-state index contributed by atoms with van der Waals surface area (Å²) in [6, 6.07) is 18.2. The highest BCUT2D eigenvalue weighted by Crippen LogP contribution is 2.30. The molecule has 37 heavy (non-hydrogen) atoms. The SMILES string of the molecule is COc1ccccc1CN(C(=O)Cc1c[nH]c2ccccc12)C(C(=O)NC1CCCCC1)c1ccco1. The largest absolute Gasteiger partial charge is 0.496 e. The van der Waals surface area contributed by atoms with Crippen molar-refractivity contribution in [1.29, 1.82) is 0 Å². The molecule has 2 aromatic carbocycles. The molecule has 1 aliphatic carbocycles. The van der Waals surface area contributed by atoms with Crippen molar-refractivity contribution < 1.29 is 18.7 Å². The normalized spacial score (nSPS) is 14.8. The van der Waals surface area contributed by atoms with Crippen molar-refractivity contribution in [3.8, 4) is 5.75 Å². The Bertz CT molecular complexity index is 1340. The standard InChI is InChI=1S/C30H33N3O4/c1-36-26-15-8-5-10-21(26)20-33(28(34)18-22-19-31-25-14-7-6-13-24(22)25)29(27-16-9-17-37-27)30(35)32-23-11-3-2-4-12-23/h5-10,13-17,19,23,29,31H,2-4,11-12,18,20H2,1H3,(H,32,35). The van der Waals surface area contributed by atoms with Crippen LogP contribution in [0.4, 0.5) is 0 Å². The van der Waals surface area contributed by atoms with Gasteiger partial charge < -0.3 is 24.4 Å². The maximum absolute atomic E-state index is 14.0. The Morgan fingerprint density at radius 1 is 1.03 bits per heavy atom. The second-order valence-electron chi connectivity index (χ2n) is 9.63. The third-order valence-electron chi connectivity index (χ3n) is 7.19. The molecule has 0 spiro atoms. The first-order chi connectivity index (χ1) is 18.1. The Hall–Kier alpha value is -4.00. The molecule has 4 aromatic rings. The van der Waals surface area contributed by atoms with Crippen molar-refractivity contribution >= 4 is 22.7 Å². The Balaban J connectivity index is 1.50. The lowest BCUT2D eigenvalue weighted by molar-refractivity contribution is -0.142. The summed E-state index contributed by atoms with van der Waals surface area (Å²) in [7, 11) is 1.61. The van der Waals surface area contributed by atoms with Crippen LogP contribution in [0.5, 0.6) is 5.75 Å². The van der Waals surface area contributed by atoms with Crippen LogP contribution in [0.25, 0.3) is 10.9 Å². The van der Waals surface area contributed by atoms with Crippen LogP contribution in [0.2, 0.25) is 0 Å². The van der Waals surface area contributed by atoms with Crippen molar-refractivity contribution in [3.63, 3.8) is 0 Å². The molecular weight excluding hydrogens is 466 g/mol. The van der Waals surface area contributed by atoms with Gasteiger partial charge in [0.1, 0.15) is 11.5 Å². The third-order valence-corrected chi connectivity index (χ3v) is 7.19. The predicted molar refractivity (Wildman–Crippen MR) is 142 cm³/mol. The number of fused-ring (bicyclic) bond motifs is 1. The minimum atomic E-state index is -0.903. The number of carbonyl (C=O) groups excluding carboxylic acids is 2. The van der Waals surface area contributed by atoms with E-state index < -0.39 is 6.04 Å². The molecule has 5 rings (SSSR count). The number of methoxy groups -OCH3 is 1. The molecule has 0 radical (unpaired) electrons. The number of carbonyl (C=O) groups is 2. The summed E-state index contributed by atoms with van der Waals surface area (Å²) in [5.41, 5.74) is 2.68. The van der Waals surface area contributed by atoms with Crippen molar-refractivity contribution in [2.45, 2.75) is 57.2 Å².